The van der Waals surface area contributed by atoms with E-state index in [0.717, 1.165) is 19.3 Å². The molecule has 0 spiro atoms. The van der Waals surface area contributed by atoms with Crippen LogP contribution in [0.5, 0.6) is 11.5 Å². The van der Waals surface area contributed by atoms with Gasteiger partial charge in [-0.2, -0.15) is 5.10 Å². The van der Waals surface area contributed by atoms with Crippen molar-refractivity contribution in [3.05, 3.63) is 93.5 Å². The fraction of sp³-hybridized carbons (Fsp3) is 0.436. The normalized spacial score (nSPS) is 11.1. The summed E-state index contributed by atoms with van der Waals surface area (Å²) in [5.41, 5.74) is 3.54. The Morgan fingerprint density at radius 1 is 0.625 bits per heavy atom. The Morgan fingerprint density at radius 2 is 1.08 bits per heavy atom. The van der Waals surface area contributed by atoms with E-state index in [2.05, 4.69) is 17.5 Å². The molecule has 0 saturated heterocycles. The summed E-state index contributed by atoms with van der Waals surface area (Å²) >= 11 is 11.9. The zero-order valence-corrected chi connectivity index (χ0v) is 29.5. The first-order valence-corrected chi connectivity index (χ1v) is 18.0. The van der Waals surface area contributed by atoms with Gasteiger partial charge >= 0.3 is 11.9 Å². The lowest BCUT2D eigenvalue weighted by Gasteiger charge is -2.11. The minimum atomic E-state index is -0.639. The summed E-state index contributed by atoms with van der Waals surface area (Å²) in [6.07, 6.45) is 20.8. The Morgan fingerprint density at radius 3 is 1.58 bits per heavy atom. The molecule has 7 nitrogen and oxygen atoms in total. The Labute approximate surface area is 295 Å². The highest BCUT2D eigenvalue weighted by molar-refractivity contribution is 6.31. The van der Waals surface area contributed by atoms with Crippen molar-refractivity contribution in [2.24, 2.45) is 5.10 Å². The van der Waals surface area contributed by atoms with Gasteiger partial charge in [0.1, 0.15) is 11.5 Å². The van der Waals surface area contributed by atoms with Gasteiger partial charge in [-0.25, -0.2) is 15.0 Å². The Kier molecular flexibility index (Phi) is 18.4. The number of carbonyl (C=O) groups excluding carboxylic acids is 3. The van der Waals surface area contributed by atoms with Crippen molar-refractivity contribution < 1.29 is 23.9 Å². The molecule has 0 atom stereocenters. The summed E-state index contributed by atoms with van der Waals surface area (Å²) < 4.78 is 11.1. The molecule has 0 aliphatic carbocycles. The van der Waals surface area contributed by atoms with Gasteiger partial charge in [0, 0.05) is 28.1 Å². The maximum Gasteiger partial charge on any atom is 0.343 e. The van der Waals surface area contributed by atoms with E-state index in [9.17, 15) is 14.4 Å². The van der Waals surface area contributed by atoms with Crippen LogP contribution in [-0.4, -0.2) is 24.1 Å². The molecule has 3 aromatic carbocycles. The number of unbranched alkanes of at least 4 members (excludes halogenated alkanes) is 14. The monoisotopic (exact) mass is 694 g/mol. The van der Waals surface area contributed by atoms with E-state index in [4.69, 9.17) is 32.7 Å². The zero-order chi connectivity index (χ0) is 34.4. The molecule has 1 N–H and O–H groups in total. The smallest absolute Gasteiger partial charge is 0.343 e. The number of hydrogen-bond donors (Lipinski definition) is 1. The molecule has 48 heavy (non-hydrogen) atoms. The average molecular weight is 696 g/mol. The van der Waals surface area contributed by atoms with Crippen molar-refractivity contribution >= 4 is 47.3 Å². The van der Waals surface area contributed by atoms with Crippen LogP contribution in [0.25, 0.3) is 0 Å². The lowest BCUT2D eigenvalue weighted by Crippen LogP contribution is -2.17. The number of nitrogens with one attached hydrogen (secondary N) is 1. The van der Waals surface area contributed by atoms with Crippen LogP contribution in [0.3, 0.4) is 0 Å². The third-order valence-corrected chi connectivity index (χ3v) is 8.46. The summed E-state index contributed by atoms with van der Waals surface area (Å²) in [6.45, 7) is 2.26. The van der Waals surface area contributed by atoms with Crippen LogP contribution in [0.1, 0.15) is 136 Å². The fourth-order valence-electron chi connectivity index (χ4n) is 5.16. The summed E-state index contributed by atoms with van der Waals surface area (Å²) in [4.78, 5) is 37.9. The van der Waals surface area contributed by atoms with E-state index in [1.54, 1.807) is 60.7 Å². The van der Waals surface area contributed by atoms with E-state index in [-0.39, 0.29) is 23.0 Å². The molecule has 0 aliphatic heterocycles. The second-order valence-corrected chi connectivity index (χ2v) is 12.9. The molecule has 258 valence electrons. The maximum absolute atomic E-state index is 12.9. The Hall–Kier alpha value is -3.68. The summed E-state index contributed by atoms with van der Waals surface area (Å²) in [6, 6.07) is 17.1. The molecule has 0 heterocycles. The summed E-state index contributed by atoms with van der Waals surface area (Å²) in [7, 11) is 0. The van der Waals surface area contributed by atoms with Crippen LogP contribution in [0, 0.1) is 0 Å². The van der Waals surface area contributed by atoms with Gasteiger partial charge in [0.2, 0.25) is 5.91 Å². The maximum atomic E-state index is 12.9. The van der Waals surface area contributed by atoms with Crippen LogP contribution in [0.2, 0.25) is 10.0 Å². The van der Waals surface area contributed by atoms with Gasteiger partial charge in [-0.15, -0.1) is 0 Å². The van der Waals surface area contributed by atoms with E-state index in [1.807, 2.05) is 0 Å². The van der Waals surface area contributed by atoms with Gasteiger partial charge in [-0.05, 0) is 67.1 Å². The van der Waals surface area contributed by atoms with Crippen molar-refractivity contribution in [3.63, 3.8) is 0 Å². The van der Waals surface area contributed by atoms with Crippen molar-refractivity contribution in [1.29, 1.82) is 0 Å². The number of halogens is 2. The summed E-state index contributed by atoms with van der Waals surface area (Å²) in [5.74, 6) is -1.18. The lowest BCUT2D eigenvalue weighted by atomic mass is 10.0. The second-order valence-electron chi connectivity index (χ2n) is 12.0. The fourth-order valence-corrected chi connectivity index (χ4v) is 5.41. The predicted molar refractivity (Wildman–Crippen MR) is 195 cm³/mol. The van der Waals surface area contributed by atoms with Crippen LogP contribution >= 0.6 is 23.2 Å². The second kappa shape index (κ2) is 22.8. The summed E-state index contributed by atoms with van der Waals surface area (Å²) in [5, 5.41) is 5.05. The highest BCUT2D eigenvalue weighted by Gasteiger charge is 2.15. The minimum Gasteiger partial charge on any atom is -0.423 e. The van der Waals surface area contributed by atoms with E-state index < -0.39 is 11.9 Å². The number of benzene rings is 3. The van der Waals surface area contributed by atoms with Gasteiger partial charge in [0.15, 0.2) is 0 Å². The molecule has 0 unspecified atom stereocenters. The van der Waals surface area contributed by atoms with Gasteiger partial charge in [0.05, 0.1) is 17.3 Å². The SMILES string of the molecule is CCCCCCCCCCCCCCCCCC(=O)NN=Cc1ccc(OC(=O)c2ccc(Cl)cc2)cc1OC(=O)c1ccc(Cl)cc1. The number of carbonyl (C=O) groups is 3. The molecule has 0 aromatic heterocycles. The van der Waals surface area contributed by atoms with Crippen molar-refractivity contribution in [2.45, 2.75) is 110 Å². The topological polar surface area (TPSA) is 94.1 Å². The third kappa shape index (κ3) is 15.5. The van der Waals surface area contributed by atoms with Gasteiger partial charge < -0.3 is 9.47 Å². The number of esters is 2. The van der Waals surface area contributed by atoms with Crippen LogP contribution < -0.4 is 14.9 Å². The first kappa shape index (κ1) is 38.8. The molecule has 9 heteroatoms. The van der Waals surface area contributed by atoms with Crippen LogP contribution in [-0.2, 0) is 4.79 Å². The number of hydrazone groups is 1. The number of hydrogen-bond acceptors (Lipinski definition) is 6. The Bertz CT molecular complexity index is 1440. The molecule has 1 amide bonds. The third-order valence-electron chi connectivity index (χ3n) is 7.96. The first-order valence-electron chi connectivity index (χ1n) is 17.3. The zero-order valence-electron chi connectivity index (χ0n) is 28.0. The first-order chi connectivity index (χ1) is 23.4. The molecule has 0 aliphatic rings. The molecular formula is C39H48Cl2N2O5. The van der Waals surface area contributed by atoms with Crippen LogP contribution in [0.15, 0.2) is 71.8 Å². The van der Waals surface area contributed by atoms with Gasteiger partial charge in [-0.1, -0.05) is 120 Å². The number of ether oxygens (including phenoxy) is 2. The van der Waals surface area contributed by atoms with Gasteiger partial charge in [0.25, 0.3) is 0 Å². The molecular weight excluding hydrogens is 647 g/mol. The quantitative estimate of drug-likeness (QED) is 0.0371. The molecule has 3 aromatic rings. The van der Waals surface area contributed by atoms with Crippen molar-refractivity contribution in [2.75, 3.05) is 0 Å². The highest BCUT2D eigenvalue weighted by atomic mass is 35.5. The molecule has 0 radical (unpaired) electrons. The number of rotatable bonds is 22. The van der Waals surface area contributed by atoms with E-state index >= 15 is 0 Å². The molecule has 3 rings (SSSR count). The van der Waals surface area contributed by atoms with Gasteiger partial charge in [-0.3, -0.25) is 4.79 Å². The Balaban J connectivity index is 1.42. The number of nitrogens with zero attached hydrogens (tertiary/aromatic N) is 1. The molecule has 0 saturated carbocycles. The van der Waals surface area contributed by atoms with E-state index in [0.29, 0.717) is 27.6 Å². The largest absolute Gasteiger partial charge is 0.423 e. The average Bonchev–Trinajstić information content (AvgIpc) is 3.08. The molecule has 0 bridgehead atoms. The predicted octanol–water partition coefficient (Wildman–Crippen LogP) is 11.1. The van der Waals surface area contributed by atoms with Crippen molar-refractivity contribution in [1.82, 2.24) is 5.43 Å². The molecule has 0 fully saturated rings. The highest BCUT2D eigenvalue weighted by Crippen LogP contribution is 2.26. The number of amides is 1. The van der Waals surface area contributed by atoms with Crippen LogP contribution in [0.4, 0.5) is 0 Å². The lowest BCUT2D eigenvalue weighted by molar-refractivity contribution is -0.121. The standard InChI is InChI=1S/C39H48Cl2N2O5/c1-2-3-4-5-6-7-8-9-10-11-12-13-14-15-16-17-37(44)43-42-29-32-22-27-35(47-38(45)30-18-23-33(40)24-19-30)28-36(32)48-39(46)31-20-25-34(41)26-21-31/h18-29H,2-17H2,1H3,(H,43,44). The minimum absolute atomic E-state index is 0.0942. The van der Waals surface area contributed by atoms with E-state index in [1.165, 1.54) is 89.3 Å². The van der Waals surface area contributed by atoms with Crippen molar-refractivity contribution in [3.8, 4) is 11.5 Å².